The molecule has 0 aliphatic rings. The molecule has 1 aromatic carbocycles. The molecule has 1 N–H and O–H groups in total. The van der Waals surface area contributed by atoms with Gasteiger partial charge in [0.05, 0.1) is 12.7 Å². The minimum absolute atomic E-state index is 0.138. The zero-order chi connectivity index (χ0) is 12.4. The summed E-state index contributed by atoms with van der Waals surface area (Å²) in [5.74, 6) is -1.18. The van der Waals surface area contributed by atoms with Crippen LogP contribution in [-0.2, 0) is 0 Å². The largest absolute Gasteiger partial charge is 0.496 e. The molecule has 1 heterocycles. The van der Waals surface area contributed by atoms with E-state index < -0.39 is 11.8 Å². The van der Waals surface area contributed by atoms with Crippen molar-refractivity contribution >= 4 is 5.97 Å². The van der Waals surface area contributed by atoms with Crippen LogP contribution in [-0.4, -0.2) is 23.3 Å². The van der Waals surface area contributed by atoms with Crippen LogP contribution in [0.5, 0.6) is 5.75 Å². The predicted octanol–water partition coefficient (Wildman–Crippen LogP) is 2.19. The topological polar surface area (TPSA) is 72.6 Å². The molecule has 0 amide bonds. The normalized spacial score (nSPS) is 10.2. The zero-order valence-electron chi connectivity index (χ0n) is 8.81. The van der Waals surface area contributed by atoms with Gasteiger partial charge in [0.15, 0.2) is 11.5 Å². The molecular weight excluding hydrogens is 229 g/mol. The van der Waals surface area contributed by atoms with Gasteiger partial charge in [-0.15, -0.1) is 0 Å². The van der Waals surface area contributed by atoms with Crippen molar-refractivity contribution in [1.82, 2.24) is 5.16 Å². The quantitative estimate of drug-likeness (QED) is 0.885. The monoisotopic (exact) mass is 237 g/mol. The van der Waals surface area contributed by atoms with Gasteiger partial charge < -0.3 is 14.4 Å². The highest BCUT2D eigenvalue weighted by Crippen LogP contribution is 2.30. The van der Waals surface area contributed by atoms with E-state index in [2.05, 4.69) is 5.16 Å². The third-order valence-corrected chi connectivity index (χ3v) is 2.16. The summed E-state index contributed by atoms with van der Waals surface area (Å²) in [4.78, 5) is 10.6. The lowest BCUT2D eigenvalue weighted by Crippen LogP contribution is -1.94. The van der Waals surface area contributed by atoms with Crippen LogP contribution in [0.15, 0.2) is 28.8 Å². The number of carboxylic acids is 1. The maximum atomic E-state index is 13.1. The Morgan fingerprint density at radius 3 is 2.82 bits per heavy atom. The highest BCUT2D eigenvalue weighted by atomic mass is 19.1. The van der Waals surface area contributed by atoms with Crippen molar-refractivity contribution in [3.05, 3.63) is 35.8 Å². The molecule has 0 saturated carbocycles. The second-order valence-corrected chi connectivity index (χ2v) is 3.23. The van der Waals surface area contributed by atoms with Crippen LogP contribution in [0, 0.1) is 5.82 Å². The van der Waals surface area contributed by atoms with E-state index in [1.807, 2.05) is 0 Å². The van der Waals surface area contributed by atoms with Gasteiger partial charge in [0.2, 0.25) is 0 Å². The summed E-state index contributed by atoms with van der Waals surface area (Å²) in [5.41, 5.74) is 0.0683. The first-order chi connectivity index (χ1) is 8.11. The summed E-state index contributed by atoms with van der Waals surface area (Å²) in [5, 5.41) is 12.0. The van der Waals surface area contributed by atoms with Crippen molar-refractivity contribution in [1.29, 1.82) is 0 Å². The number of hydrogen-bond acceptors (Lipinski definition) is 4. The molecule has 6 heteroatoms. The van der Waals surface area contributed by atoms with Crippen LogP contribution >= 0.6 is 0 Å². The number of carbonyl (C=O) groups is 1. The molecular formula is C11H8FNO4. The van der Waals surface area contributed by atoms with Crippen LogP contribution in [0.25, 0.3) is 11.3 Å². The Hall–Kier alpha value is -2.37. The molecule has 0 saturated heterocycles. The first kappa shape index (κ1) is 11.1. The Labute approximate surface area is 95.4 Å². The van der Waals surface area contributed by atoms with E-state index in [4.69, 9.17) is 14.4 Å². The van der Waals surface area contributed by atoms with Crippen molar-refractivity contribution in [2.24, 2.45) is 0 Å². The number of nitrogens with zero attached hydrogens (tertiary/aromatic N) is 1. The number of halogens is 1. The predicted molar refractivity (Wildman–Crippen MR) is 55.4 cm³/mol. The minimum Gasteiger partial charge on any atom is -0.496 e. The van der Waals surface area contributed by atoms with E-state index in [0.717, 1.165) is 0 Å². The number of benzene rings is 1. The molecule has 0 bridgehead atoms. The van der Waals surface area contributed by atoms with Gasteiger partial charge in [-0.25, -0.2) is 9.18 Å². The molecule has 0 aliphatic carbocycles. The Bertz CT molecular complexity index is 564. The second kappa shape index (κ2) is 4.25. The van der Waals surface area contributed by atoms with Gasteiger partial charge in [-0.2, -0.15) is 0 Å². The standard InChI is InChI=1S/C11H8FNO4/c1-16-9-3-2-6(12)4-7(9)10-5-8(11(14)15)13-17-10/h2-5H,1H3,(H,14,15). The molecule has 0 radical (unpaired) electrons. The summed E-state index contributed by atoms with van der Waals surface area (Å²) < 4.78 is 23.0. The number of aromatic nitrogens is 1. The fraction of sp³-hybridized carbons (Fsp3) is 0.0909. The number of methoxy groups -OCH3 is 1. The fourth-order valence-electron chi connectivity index (χ4n) is 1.38. The molecule has 0 atom stereocenters. The van der Waals surface area contributed by atoms with Gasteiger partial charge in [0.1, 0.15) is 11.6 Å². The first-order valence-electron chi connectivity index (χ1n) is 4.65. The van der Waals surface area contributed by atoms with Crippen LogP contribution in [0.3, 0.4) is 0 Å². The van der Waals surface area contributed by atoms with E-state index in [1.54, 1.807) is 0 Å². The molecule has 0 aliphatic heterocycles. The lowest BCUT2D eigenvalue weighted by Gasteiger charge is -2.04. The maximum absolute atomic E-state index is 13.1. The van der Waals surface area contributed by atoms with E-state index in [1.165, 1.54) is 31.4 Å². The highest BCUT2D eigenvalue weighted by molar-refractivity contribution is 5.86. The lowest BCUT2D eigenvalue weighted by molar-refractivity contribution is 0.0686. The lowest BCUT2D eigenvalue weighted by atomic mass is 10.1. The molecule has 1 aromatic heterocycles. The van der Waals surface area contributed by atoms with E-state index in [9.17, 15) is 9.18 Å². The second-order valence-electron chi connectivity index (χ2n) is 3.23. The summed E-state index contributed by atoms with van der Waals surface area (Å²) in [6, 6.07) is 5.05. The van der Waals surface area contributed by atoms with Crippen molar-refractivity contribution < 1.29 is 23.6 Å². The van der Waals surface area contributed by atoms with Crippen LogP contribution < -0.4 is 4.74 Å². The number of carboxylic acid groups (broad SMARTS) is 1. The molecule has 0 fully saturated rings. The Kier molecular flexibility index (Phi) is 2.78. The van der Waals surface area contributed by atoms with E-state index in [0.29, 0.717) is 11.3 Å². The Balaban J connectivity index is 2.51. The molecule has 0 spiro atoms. The highest BCUT2D eigenvalue weighted by Gasteiger charge is 2.16. The Morgan fingerprint density at radius 1 is 1.47 bits per heavy atom. The average Bonchev–Trinajstić information content (AvgIpc) is 2.78. The summed E-state index contributed by atoms with van der Waals surface area (Å²) in [7, 11) is 1.42. The third-order valence-electron chi connectivity index (χ3n) is 2.16. The molecule has 17 heavy (non-hydrogen) atoms. The van der Waals surface area contributed by atoms with Crippen molar-refractivity contribution in [2.75, 3.05) is 7.11 Å². The fourth-order valence-corrected chi connectivity index (χ4v) is 1.38. The maximum Gasteiger partial charge on any atom is 0.358 e. The molecule has 2 rings (SSSR count). The third kappa shape index (κ3) is 2.10. The summed E-state index contributed by atoms with van der Waals surface area (Å²) in [6.45, 7) is 0. The van der Waals surface area contributed by atoms with E-state index in [-0.39, 0.29) is 11.5 Å². The van der Waals surface area contributed by atoms with Gasteiger partial charge in [-0.3, -0.25) is 0 Å². The number of ether oxygens (including phenoxy) is 1. The number of rotatable bonds is 3. The average molecular weight is 237 g/mol. The smallest absolute Gasteiger partial charge is 0.358 e. The summed E-state index contributed by atoms with van der Waals surface area (Å²) >= 11 is 0. The number of aromatic carboxylic acids is 1. The first-order valence-corrected chi connectivity index (χ1v) is 4.65. The van der Waals surface area contributed by atoms with Crippen LogP contribution in [0.4, 0.5) is 4.39 Å². The SMILES string of the molecule is COc1ccc(F)cc1-c1cc(C(=O)O)no1. The summed E-state index contributed by atoms with van der Waals surface area (Å²) in [6.07, 6.45) is 0. The number of hydrogen-bond donors (Lipinski definition) is 1. The molecule has 88 valence electrons. The van der Waals surface area contributed by atoms with E-state index >= 15 is 0 Å². The van der Waals surface area contributed by atoms with Gasteiger partial charge in [-0.05, 0) is 18.2 Å². The molecule has 2 aromatic rings. The van der Waals surface area contributed by atoms with Crippen LogP contribution in [0.2, 0.25) is 0 Å². The van der Waals surface area contributed by atoms with Gasteiger partial charge in [0, 0.05) is 6.07 Å². The van der Waals surface area contributed by atoms with Gasteiger partial charge in [0.25, 0.3) is 0 Å². The van der Waals surface area contributed by atoms with Crippen molar-refractivity contribution in [3.8, 4) is 17.1 Å². The zero-order valence-corrected chi connectivity index (χ0v) is 8.81. The van der Waals surface area contributed by atoms with Gasteiger partial charge >= 0.3 is 5.97 Å². The molecule has 0 unspecified atom stereocenters. The van der Waals surface area contributed by atoms with Crippen molar-refractivity contribution in [2.45, 2.75) is 0 Å². The van der Waals surface area contributed by atoms with Crippen LogP contribution in [0.1, 0.15) is 10.5 Å². The Morgan fingerprint density at radius 2 is 2.24 bits per heavy atom. The minimum atomic E-state index is -1.21. The molecule has 5 nitrogen and oxygen atoms in total. The van der Waals surface area contributed by atoms with Crippen molar-refractivity contribution in [3.63, 3.8) is 0 Å². The van der Waals surface area contributed by atoms with Gasteiger partial charge in [-0.1, -0.05) is 5.16 Å².